The van der Waals surface area contributed by atoms with E-state index in [2.05, 4.69) is 20.8 Å². The van der Waals surface area contributed by atoms with Crippen LogP contribution in [0.15, 0.2) is 47.8 Å². The summed E-state index contributed by atoms with van der Waals surface area (Å²) in [6.07, 6.45) is 3.13. The summed E-state index contributed by atoms with van der Waals surface area (Å²) in [5.74, 6) is -0.547. The second-order valence-electron chi connectivity index (χ2n) is 5.63. The molecule has 0 aliphatic heterocycles. The van der Waals surface area contributed by atoms with Gasteiger partial charge in [0.25, 0.3) is 5.91 Å². The molecule has 0 unspecified atom stereocenters. The molecule has 24 heavy (non-hydrogen) atoms. The predicted octanol–water partition coefficient (Wildman–Crippen LogP) is 2.83. The molecule has 0 aliphatic carbocycles. The third-order valence-corrected chi connectivity index (χ3v) is 3.19. The van der Waals surface area contributed by atoms with E-state index in [1.807, 2.05) is 32.0 Å². The van der Waals surface area contributed by atoms with E-state index < -0.39 is 0 Å². The smallest absolute Gasteiger partial charge is 0.272 e. The van der Waals surface area contributed by atoms with Crippen molar-refractivity contribution >= 4 is 23.2 Å². The number of pyridine rings is 1. The van der Waals surface area contributed by atoms with E-state index in [-0.39, 0.29) is 18.2 Å². The minimum atomic E-state index is -0.364. The van der Waals surface area contributed by atoms with E-state index in [0.29, 0.717) is 11.3 Å². The Labute approximate surface area is 141 Å². The van der Waals surface area contributed by atoms with Crippen LogP contribution in [0.5, 0.6) is 0 Å². The Morgan fingerprint density at radius 1 is 1.17 bits per heavy atom. The Morgan fingerprint density at radius 3 is 2.50 bits per heavy atom. The van der Waals surface area contributed by atoms with Gasteiger partial charge in [-0.3, -0.25) is 14.6 Å². The Balaban J connectivity index is 1.90. The molecule has 6 nitrogen and oxygen atoms in total. The number of nitrogens with zero attached hydrogens (tertiary/aromatic N) is 2. The molecule has 1 aromatic carbocycles. The third-order valence-electron chi connectivity index (χ3n) is 3.19. The summed E-state index contributed by atoms with van der Waals surface area (Å²) >= 11 is 0. The lowest BCUT2D eigenvalue weighted by molar-refractivity contribution is -0.115. The fourth-order valence-corrected chi connectivity index (χ4v) is 2.23. The number of hydrogen-bond donors (Lipinski definition) is 2. The molecule has 0 saturated heterocycles. The normalized spacial score (nSPS) is 11.0. The fourth-order valence-electron chi connectivity index (χ4n) is 2.23. The lowest BCUT2D eigenvalue weighted by Crippen LogP contribution is -2.21. The highest BCUT2D eigenvalue weighted by molar-refractivity contribution is 6.06. The Kier molecular flexibility index (Phi) is 5.78. The lowest BCUT2D eigenvalue weighted by atomic mass is 10.1. The summed E-state index contributed by atoms with van der Waals surface area (Å²) in [6, 6.07) is 9.15. The quantitative estimate of drug-likeness (QED) is 0.655. The highest BCUT2D eigenvalue weighted by atomic mass is 16.2. The molecule has 0 bridgehead atoms. The molecule has 0 atom stereocenters. The van der Waals surface area contributed by atoms with Crippen molar-refractivity contribution in [1.82, 2.24) is 10.4 Å². The number of benzene rings is 1. The average molecular weight is 324 g/mol. The molecule has 1 heterocycles. The van der Waals surface area contributed by atoms with Crippen molar-refractivity contribution in [3.05, 3.63) is 59.4 Å². The maximum Gasteiger partial charge on any atom is 0.272 e. The molecule has 0 spiro atoms. The van der Waals surface area contributed by atoms with Crippen LogP contribution >= 0.6 is 0 Å². The Bertz CT molecular complexity index is 750. The monoisotopic (exact) mass is 324 g/mol. The minimum absolute atomic E-state index is 0.0975. The molecule has 0 fully saturated rings. The van der Waals surface area contributed by atoms with Crippen molar-refractivity contribution in [3.63, 3.8) is 0 Å². The molecule has 1 aromatic heterocycles. The molecule has 0 aliphatic rings. The number of aromatic nitrogens is 1. The number of anilines is 1. The first-order chi connectivity index (χ1) is 11.4. The predicted molar refractivity (Wildman–Crippen MR) is 94.0 cm³/mol. The van der Waals surface area contributed by atoms with Crippen LogP contribution < -0.4 is 10.7 Å². The summed E-state index contributed by atoms with van der Waals surface area (Å²) in [6.45, 7) is 5.64. The summed E-state index contributed by atoms with van der Waals surface area (Å²) in [5.41, 5.74) is 6.25. The number of nitrogens with one attached hydrogen (secondary N) is 2. The minimum Gasteiger partial charge on any atom is -0.326 e. The van der Waals surface area contributed by atoms with Crippen molar-refractivity contribution in [1.29, 1.82) is 0 Å². The van der Waals surface area contributed by atoms with Gasteiger partial charge in [-0.2, -0.15) is 5.10 Å². The first-order valence-electron chi connectivity index (χ1n) is 7.56. The van der Waals surface area contributed by atoms with E-state index >= 15 is 0 Å². The molecule has 2 rings (SSSR count). The number of rotatable bonds is 5. The molecule has 2 N–H and O–H groups in total. The number of aryl methyl sites for hydroxylation is 2. The highest BCUT2D eigenvalue weighted by Gasteiger charge is 2.07. The van der Waals surface area contributed by atoms with Crippen molar-refractivity contribution in [3.8, 4) is 0 Å². The second kappa shape index (κ2) is 8.01. The van der Waals surface area contributed by atoms with E-state index in [1.54, 1.807) is 25.3 Å². The van der Waals surface area contributed by atoms with E-state index in [4.69, 9.17) is 0 Å². The zero-order valence-electron chi connectivity index (χ0n) is 14.0. The largest absolute Gasteiger partial charge is 0.326 e. The standard InChI is InChI=1S/C18H20N4O2/c1-12-7-13(2)9-16(8-12)20-17(23)10-14(3)21-22-18(24)15-5-4-6-19-11-15/h4-9,11H,10H2,1-3H3,(H,20,23)(H,22,24). The van der Waals surface area contributed by atoms with Gasteiger partial charge in [0.1, 0.15) is 0 Å². The molecule has 6 heteroatoms. The van der Waals surface area contributed by atoms with Crippen LogP contribution in [0.1, 0.15) is 34.8 Å². The van der Waals surface area contributed by atoms with Crippen LogP contribution in [0.3, 0.4) is 0 Å². The van der Waals surface area contributed by atoms with Gasteiger partial charge in [0.2, 0.25) is 5.91 Å². The molecule has 2 aromatic rings. The molecular weight excluding hydrogens is 304 g/mol. The van der Waals surface area contributed by atoms with Crippen LogP contribution in [-0.4, -0.2) is 22.5 Å². The van der Waals surface area contributed by atoms with Gasteiger partial charge in [-0.15, -0.1) is 0 Å². The van der Waals surface area contributed by atoms with Crippen LogP contribution in [0.25, 0.3) is 0 Å². The van der Waals surface area contributed by atoms with Gasteiger partial charge < -0.3 is 5.32 Å². The zero-order chi connectivity index (χ0) is 17.5. The maximum absolute atomic E-state index is 12.0. The van der Waals surface area contributed by atoms with Gasteiger partial charge in [0.15, 0.2) is 0 Å². The summed E-state index contributed by atoms with van der Waals surface area (Å²) in [4.78, 5) is 27.8. The maximum atomic E-state index is 12.0. The third kappa shape index (κ3) is 5.31. The number of amides is 2. The molecule has 124 valence electrons. The van der Waals surface area contributed by atoms with Crippen LogP contribution in [-0.2, 0) is 4.79 Å². The molecular formula is C18H20N4O2. The van der Waals surface area contributed by atoms with E-state index in [9.17, 15) is 9.59 Å². The number of hydrogen-bond acceptors (Lipinski definition) is 4. The first kappa shape index (κ1) is 17.3. The van der Waals surface area contributed by atoms with Gasteiger partial charge in [-0.25, -0.2) is 5.43 Å². The average Bonchev–Trinajstić information content (AvgIpc) is 2.52. The zero-order valence-corrected chi connectivity index (χ0v) is 14.0. The van der Waals surface area contributed by atoms with Crippen molar-refractivity contribution in [2.24, 2.45) is 5.10 Å². The van der Waals surface area contributed by atoms with Crippen LogP contribution in [0.2, 0.25) is 0 Å². The van der Waals surface area contributed by atoms with Crippen molar-refractivity contribution in [2.75, 3.05) is 5.32 Å². The van der Waals surface area contributed by atoms with E-state index in [1.165, 1.54) is 6.20 Å². The Morgan fingerprint density at radius 2 is 1.88 bits per heavy atom. The number of carbonyl (C=O) groups is 2. The van der Waals surface area contributed by atoms with Crippen molar-refractivity contribution < 1.29 is 9.59 Å². The SMILES string of the molecule is CC(CC(=O)Nc1cc(C)cc(C)c1)=NNC(=O)c1cccnc1. The topological polar surface area (TPSA) is 83.5 Å². The van der Waals surface area contributed by atoms with E-state index in [0.717, 1.165) is 16.8 Å². The first-order valence-corrected chi connectivity index (χ1v) is 7.56. The highest BCUT2D eigenvalue weighted by Crippen LogP contribution is 2.14. The van der Waals surface area contributed by atoms with Crippen molar-refractivity contribution in [2.45, 2.75) is 27.2 Å². The molecule has 2 amide bonds. The van der Waals surface area contributed by atoms with Gasteiger partial charge in [-0.1, -0.05) is 6.07 Å². The number of carbonyl (C=O) groups excluding carboxylic acids is 2. The van der Waals surface area contributed by atoms with Gasteiger partial charge >= 0.3 is 0 Å². The van der Waals surface area contributed by atoms with Gasteiger partial charge in [0.05, 0.1) is 12.0 Å². The molecule has 0 saturated carbocycles. The summed E-state index contributed by atoms with van der Waals surface area (Å²) in [5, 5.41) is 6.78. The summed E-state index contributed by atoms with van der Waals surface area (Å²) < 4.78 is 0. The lowest BCUT2D eigenvalue weighted by Gasteiger charge is -2.07. The number of hydrazone groups is 1. The van der Waals surface area contributed by atoms with Crippen LogP contribution in [0, 0.1) is 13.8 Å². The second-order valence-corrected chi connectivity index (χ2v) is 5.63. The Hall–Kier alpha value is -3.02. The van der Waals surface area contributed by atoms with Crippen LogP contribution in [0.4, 0.5) is 5.69 Å². The summed E-state index contributed by atoms with van der Waals surface area (Å²) in [7, 11) is 0. The molecule has 0 radical (unpaired) electrons. The van der Waals surface area contributed by atoms with Gasteiger partial charge in [-0.05, 0) is 56.2 Å². The fraction of sp³-hybridized carbons (Fsp3) is 0.222. The van der Waals surface area contributed by atoms with Gasteiger partial charge in [0, 0.05) is 23.8 Å².